The summed E-state index contributed by atoms with van der Waals surface area (Å²) in [7, 11) is 0. The Bertz CT molecular complexity index is 452. The Balaban J connectivity index is 0.000000694. The number of aliphatic carboxylic acids is 1. The maximum absolute atomic E-state index is 10.9. The Labute approximate surface area is 165 Å². The normalized spacial score (nSPS) is 11.5. The predicted molar refractivity (Wildman–Crippen MR) is 112 cm³/mol. The van der Waals surface area contributed by atoms with E-state index in [-0.39, 0.29) is 11.5 Å². The third-order valence-corrected chi connectivity index (χ3v) is 4.78. The Kier molecular flexibility index (Phi) is 16.6. The van der Waals surface area contributed by atoms with Gasteiger partial charge in [-0.2, -0.15) is 0 Å². The molecule has 0 bridgehead atoms. The fourth-order valence-corrected chi connectivity index (χ4v) is 3.13. The molecule has 0 amide bonds. The van der Waals surface area contributed by atoms with Crippen LogP contribution in [0.2, 0.25) is 0 Å². The molecule has 1 aromatic rings. The van der Waals surface area contributed by atoms with E-state index in [1.165, 1.54) is 76.3 Å². The summed E-state index contributed by atoms with van der Waals surface area (Å²) in [5, 5.41) is 26.3. The number of phenols is 2. The standard InChI is InChI=1S/C17H34O2.C6H6O2/c1-3-5-7-9-10-12-14-16(15-17(18)19)13-11-8-6-4-2;7-5-3-1-2-4-6(5)8/h16H,3-15H2,1-2H3,(H,18,19);1-4,7-8H. The van der Waals surface area contributed by atoms with Crippen molar-refractivity contribution in [3.05, 3.63) is 24.3 Å². The smallest absolute Gasteiger partial charge is 0.303 e. The van der Waals surface area contributed by atoms with Crippen LogP contribution in [-0.4, -0.2) is 21.3 Å². The topological polar surface area (TPSA) is 77.8 Å². The third kappa shape index (κ3) is 16.2. The molecule has 0 aromatic heterocycles. The first-order valence-corrected chi connectivity index (χ1v) is 10.7. The van der Waals surface area contributed by atoms with E-state index in [1.807, 2.05) is 0 Å². The van der Waals surface area contributed by atoms with E-state index >= 15 is 0 Å². The molecule has 0 aliphatic rings. The van der Waals surface area contributed by atoms with E-state index < -0.39 is 5.97 Å². The molecular formula is C23H40O4. The molecule has 0 heterocycles. The van der Waals surface area contributed by atoms with Crippen LogP contribution in [0.5, 0.6) is 11.5 Å². The maximum atomic E-state index is 10.9. The summed E-state index contributed by atoms with van der Waals surface area (Å²) in [5.74, 6) is -0.355. The molecule has 0 saturated carbocycles. The minimum absolute atomic E-state index is 0.0764. The molecule has 3 N–H and O–H groups in total. The van der Waals surface area contributed by atoms with Crippen molar-refractivity contribution in [2.45, 2.75) is 97.3 Å². The lowest BCUT2D eigenvalue weighted by molar-refractivity contribution is -0.138. The molecule has 4 nitrogen and oxygen atoms in total. The predicted octanol–water partition coefficient (Wildman–Crippen LogP) is 6.90. The van der Waals surface area contributed by atoms with Gasteiger partial charge in [0.25, 0.3) is 0 Å². The van der Waals surface area contributed by atoms with E-state index in [1.54, 1.807) is 12.1 Å². The van der Waals surface area contributed by atoms with Crippen molar-refractivity contribution in [2.75, 3.05) is 0 Å². The Hall–Kier alpha value is -1.71. The summed E-state index contributed by atoms with van der Waals surface area (Å²) >= 11 is 0. The zero-order valence-corrected chi connectivity index (χ0v) is 17.3. The first-order valence-electron chi connectivity index (χ1n) is 10.7. The van der Waals surface area contributed by atoms with Gasteiger partial charge in [-0.15, -0.1) is 0 Å². The van der Waals surface area contributed by atoms with Crippen molar-refractivity contribution >= 4 is 5.97 Å². The highest BCUT2D eigenvalue weighted by molar-refractivity contribution is 5.66. The molecule has 1 unspecified atom stereocenters. The van der Waals surface area contributed by atoms with Crippen molar-refractivity contribution < 1.29 is 20.1 Å². The van der Waals surface area contributed by atoms with Crippen molar-refractivity contribution in [1.29, 1.82) is 0 Å². The highest BCUT2D eigenvalue weighted by atomic mass is 16.4. The minimum atomic E-state index is -0.619. The van der Waals surface area contributed by atoms with E-state index in [0.29, 0.717) is 12.3 Å². The number of para-hydroxylation sites is 2. The number of hydrogen-bond donors (Lipinski definition) is 3. The lowest BCUT2D eigenvalue weighted by Crippen LogP contribution is -2.08. The Morgan fingerprint density at radius 1 is 0.778 bits per heavy atom. The number of aromatic hydroxyl groups is 2. The summed E-state index contributed by atoms with van der Waals surface area (Å²) in [6, 6.07) is 6.15. The molecule has 0 aliphatic carbocycles. The molecule has 0 fully saturated rings. The average Bonchev–Trinajstić information content (AvgIpc) is 2.64. The lowest BCUT2D eigenvalue weighted by Gasteiger charge is -2.14. The van der Waals surface area contributed by atoms with Crippen LogP contribution in [-0.2, 0) is 4.79 Å². The van der Waals surface area contributed by atoms with E-state index in [0.717, 1.165) is 12.8 Å². The number of carbonyl (C=O) groups is 1. The van der Waals surface area contributed by atoms with E-state index in [4.69, 9.17) is 15.3 Å². The number of hydrogen-bond acceptors (Lipinski definition) is 3. The monoisotopic (exact) mass is 380 g/mol. The maximum Gasteiger partial charge on any atom is 0.303 e. The highest BCUT2D eigenvalue weighted by Gasteiger charge is 2.12. The van der Waals surface area contributed by atoms with Gasteiger partial charge in [0.05, 0.1) is 0 Å². The molecule has 1 aromatic carbocycles. The first-order chi connectivity index (χ1) is 13.0. The van der Waals surface area contributed by atoms with Gasteiger partial charge in [0.2, 0.25) is 0 Å². The van der Waals surface area contributed by atoms with Crippen LogP contribution in [0.1, 0.15) is 97.3 Å². The second-order valence-corrected chi connectivity index (χ2v) is 7.36. The molecule has 156 valence electrons. The second-order valence-electron chi connectivity index (χ2n) is 7.36. The third-order valence-electron chi connectivity index (χ3n) is 4.78. The van der Waals surface area contributed by atoms with Gasteiger partial charge < -0.3 is 15.3 Å². The first kappa shape index (κ1) is 25.3. The van der Waals surface area contributed by atoms with Crippen LogP contribution < -0.4 is 0 Å². The van der Waals surface area contributed by atoms with Crippen molar-refractivity contribution in [3.63, 3.8) is 0 Å². The number of unbranched alkanes of at least 4 members (excludes halogenated alkanes) is 8. The SMILES string of the molecule is CCCCCCCCC(CCCCCC)CC(=O)O.Oc1ccccc1O. The quantitative estimate of drug-likeness (QED) is 0.242. The molecule has 27 heavy (non-hydrogen) atoms. The number of benzene rings is 1. The van der Waals surface area contributed by atoms with E-state index in [2.05, 4.69) is 13.8 Å². The summed E-state index contributed by atoms with van der Waals surface area (Å²) in [4.78, 5) is 10.9. The molecule has 1 rings (SSSR count). The number of phenolic OH excluding ortho intramolecular Hbond substituents is 2. The van der Waals surface area contributed by atoms with Gasteiger partial charge in [0.1, 0.15) is 0 Å². The summed E-state index contributed by atoms with van der Waals surface area (Å²) in [6.07, 6.45) is 15.4. The molecule has 0 saturated heterocycles. The molecular weight excluding hydrogens is 340 g/mol. The highest BCUT2D eigenvalue weighted by Crippen LogP contribution is 2.22. The van der Waals surface area contributed by atoms with Gasteiger partial charge in [0, 0.05) is 6.42 Å². The van der Waals surface area contributed by atoms with Crippen molar-refractivity contribution in [1.82, 2.24) is 0 Å². The van der Waals surface area contributed by atoms with Gasteiger partial charge in [-0.1, -0.05) is 90.2 Å². The van der Waals surface area contributed by atoms with Gasteiger partial charge >= 0.3 is 5.97 Å². The van der Waals surface area contributed by atoms with Gasteiger partial charge in [-0.3, -0.25) is 4.79 Å². The molecule has 0 radical (unpaired) electrons. The summed E-state index contributed by atoms with van der Waals surface area (Å²) in [6.45, 7) is 4.45. The number of carboxylic acids is 1. The van der Waals surface area contributed by atoms with E-state index in [9.17, 15) is 4.79 Å². The van der Waals surface area contributed by atoms with Gasteiger partial charge in [-0.05, 0) is 30.9 Å². The van der Waals surface area contributed by atoms with Crippen LogP contribution >= 0.6 is 0 Å². The van der Waals surface area contributed by atoms with Crippen LogP contribution in [0, 0.1) is 5.92 Å². The summed E-state index contributed by atoms with van der Waals surface area (Å²) < 4.78 is 0. The zero-order valence-electron chi connectivity index (χ0n) is 17.3. The fourth-order valence-electron chi connectivity index (χ4n) is 3.13. The largest absolute Gasteiger partial charge is 0.504 e. The van der Waals surface area contributed by atoms with Crippen LogP contribution in [0.3, 0.4) is 0 Å². The van der Waals surface area contributed by atoms with Crippen molar-refractivity contribution in [2.24, 2.45) is 5.92 Å². The number of carboxylic acid groups (broad SMARTS) is 1. The molecule has 0 aliphatic heterocycles. The molecule has 4 heteroatoms. The second kappa shape index (κ2) is 17.7. The zero-order chi connectivity index (χ0) is 20.3. The van der Waals surface area contributed by atoms with Crippen molar-refractivity contribution in [3.8, 4) is 11.5 Å². The van der Waals surface area contributed by atoms with Crippen LogP contribution in [0.4, 0.5) is 0 Å². The van der Waals surface area contributed by atoms with Gasteiger partial charge in [-0.25, -0.2) is 0 Å². The number of rotatable bonds is 14. The van der Waals surface area contributed by atoms with Gasteiger partial charge in [0.15, 0.2) is 11.5 Å². The molecule has 1 atom stereocenters. The average molecular weight is 381 g/mol. The fraction of sp³-hybridized carbons (Fsp3) is 0.696. The van der Waals surface area contributed by atoms with Crippen LogP contribution in [0.25, 0.3) is 0 Å². The lowest BCUT2D eigenvalue weighted by atomic mass is 9.91. The Morgan fingerprint density at radius 2 is 1.19 bits per heavy atom. The van der Waals surface area contributed by atoms with Crippen LogP contribution in [0.15, 0.2) is 24.3 Å². The summed E-state index contributed by atoms with van der Waals surface area (Å²) in [5.41, 5.74) is 0. The molecule has 0 spiro atoms. The Morgan fingerprint density at radius 3 is 1.59 bits per heavy atom. The minimum Gasteiger partial charge on any atom is -0.504 e.